The van der Waals surface area contributed by atoms with Crippen molar-refractivity contribution in [2.45, 2.75) is 110 Å². The highest BCUT2D eigenvalue weighted by Gasteiger charge is 2.00. The fourth-order valence-electron chi connectivity index (χ4n) is 2.83. The molecule has 0 aliphatic heterocycles. The molecule has 0 rings (SSSR count). The van der Waals surface area contributed by atoms with Crippen molar-refractivity contribution in [2.75, 3.05) is 0 Å². The Bertz CT molecular complexity index is 333. The Labute approximate surface area is 167 Å². The molecule has 0 aromatic carbocycles. The number of esters is 1. The minimum Gasteiger partial charge on any atom is -0.437 e. The third-order valence-electron chi connectivity index (χ3n) is 4.35. The molecule has 0 N–H and O–H groups in total. The maximum absolute atomic E-state index is 11.1. The first-order valence-electron chi connectivity index (χ1n) is 10.7. The standard InChI is InChI=1S/C20H38O2.C3H4O2/c1-3-5-6-7-8-9-10-11-12-13-14-15-16-17-18-19-20(21)22-4-2;1-2-5-3-4/h4H,2-3,5-19H2,1H3;2-3H,1H2. The van der Waals surface area contributed by atoms with Crippen molar-refractivity contribution in [3.05, 3.63) is 25.7 Å². The van der Waals surface area contributed by atoms with E-state index in [2.05, 4.69) is 29.6 Å². The fraction of sp³-hybridized carbons (Fsp3) is 0.739. The Morgan fingerprint density at radius 1 is 0.704 bits per heavy atom. The number of hydrogen-bond acceptors (Lipinski definition) is 4. The monoisotopic (exact) mass is 382 g/mol. The van der Waals surface area contributed by atoms with Gasteiger partial charge < -0.3 is 9.47 Å². The molecule has 0 bridgehead atoms. The maximum Gasteiger partial charge on any atom is 0.310 e. The van der Waals surface area contributed by atoms with Crippen LogP contribution < -0.4 is 0 Å². The van der Waals surface area contributed by atoms with Gasteiger partial charge in [-0.25, -0.2) is 0 Å². The highest BCUT2D eigenvalue weighted by molar-refractivity contribution is 5.69. The van der Waals surface area contributed by atoms with Gasteiger partial charge in [-0.3, -0.25) is 9.59 Å². The van der Waals surface area contributed by atoms with Crippen LogP contribution in [0.1, 0.15) is 110 Å². The van der Waals surface area contributed by atoms with Crippen LogP contribution in [-0.2, 0) is 19.1 Å². The largest absolute Gasteiger partial charge is 0.437 e. The quantitative estimate of drug-likeness (QED) is 0.102. The normalized spacial score (nSPS) is 9.67. The lowest BCUT2D eigenvalue weighted by Crippen LogP contribution is -1.98. The lowest BCUT2D eigenvalue weighted by atomic mass is 10.0. The van der Waals surface area contributed by atoms with E-state index in [4.69, 9.17) is 4.79 Å². The fourth-order valence-corrected chi connectivity index (χ4v) is 2.83. The smallest absolute Gasteiger partial charge is 0.310 e. The van der Waals surface area contributed by atoms with Gasteiger partial charge in [0.15, 0.2) is 0 Å². The summed E-state index contributed by atoms with van der Waals surface area (Å²) in [6.45, 7) is 9.06. The highest BCUT2D eigenvalue weighted by Crippen LogP contribution is 2.13. The Morgan fingerprint density at radius 3 is 1.41 bits per heavy atom. The van der Waals surface area contributed by atoms with E-state index < -0.39 is 0 Å². The second kappa shape index (κ2) is 26.6. The average molecular weight is 383 g/mol. The Morgan fingerprint density at radius 2 is 1.11 bits per heavy atom. The van der Waals surface area contributed by atoms with Crippen LogP contribution in [0.3, 0.4) is 0 Å². The first kappa shape index (κ1) is 27.6. The predicted octanol–water partition coefficient (Wildman–Crippen LogP) is 7.24. The van der Waals surface area contributed by atoms with E-state index in [1.165, 1.54) is 89.7 Å². The van der Waals surface area contributed by atoms with Gasteiger partial charge in [-0.15, -0.1) is 0 Å². The van der Waals surface area contributed by atoms with Crippen LogP contribution in [0.25, 0.3) is 0 Å². The summed E-state index contributed by atoms with van der Waals surface area (Å²) in [6.07, 6.45) is 23.0. The summed E-state index contributed by atoms with van der Waals surface area (Å²) in [5.74, 6) is -0.148. The van der Waals surface area contributed by atoms with Crippen LogP contribution in [0.4, 0.5) is 0 Å². The predicted molar refractivity (Wildman–Crippen MR) is 113 cm³/mol. The second-order valence-electron chi connectivity index (χ2n) is 6.76. The van der Waals surface area contributed by atoms with Crippen LogP contribution in [0.2, 0.25) is 0 Å². The van der Waals surface area contributed by atoms with Crippen molar-refractivity contribution >= 4 is 12.4 Å². The minimum absolute atomic E-state index is 0.148. The van der Waals surface area contributed by atoms with Gasteiger partial charge in [0.2, 0.25) is 0 Å². The minimum atomic E-state index is -0.148. The van der Waals surface area contributed by atoms with E-state index >= 15 is 0 Å². The van der Waals surface area contributed by atoms with E-state index in [0.717, 1.165) is 19.1 Å². The summed E-state index contributed by atoms with van der Waals surface area (Å²) < 4.78 is 8.60. The van der Waals surface area contributed by atoms with Crippen molar-refractivity contribution in [3.8, 4) is 0 Å². The zero-order chi connectivity index (χ0) is 20.4. The molecule has 4 heteroatoms. The van der Waals surface area contributed by atoms with Gasteiger partial charge in [0.25, 0.3) is 6.47 Å². The molecular weight excluding hydrogens is 340 g/mol. The third kappa shape index (κ3) is 29.4. The number of unbranched alkanes of at least 4 members (excludes halogenated alkanes) is 14. The molecule has 0 radical (unpaired) electrons. The summed E-state index contributed by atoms with van der Waals surface area (Å²) >= 11 is 0. The summed E-state index contributed by atoms with van der Waals surface area (Å²) in [6, 6.07) is 0. The van der Waals surface area contributed by atoms with Gasteiger partial charge in [-0.2, -0.15) is 0 Å². The molecule has 0 spiro atoms. The summed E-state index contributed by atoms with van der Waals surface area (Å²) in [5.41, 5.74) is 0. The van der Waals surface area contributed by atoms with Gasteiger partial charge in [0.05, 0.1) is 12.5 Å². The number of rotatable bonds is 19. The van der Waals surface area contributed by atoms with E-state index in [-0.39, 0.29) is 5.97 Å². The van der Waals surface area contributed by atoms with E-state index in [1.54, 1.807) is 0 Å². The van der Waals surface area contributed by atoms with Crippen LogP contribution in [0.15, 0.2) is 25.7 Å². The average Bonchev–Trinajstić information content (AvgIpc) is 2.66. The van der Waals surface area contributed by atoms with Gasteiger partial charge >= 0.3 is 5.97 Å². The number of carbonyl (C=O) groups is 2. The molecule has 0 unspecified atom stereocenters. The molecule has 0 aromatic heterocycles. The molecule has 0 saturated carbocycles. The maximum atomic E-state index is 11.1. The van der Waals surface area contributed by atoms with E-state index in [9.17, 15) is 4.79 Å². The van der Waals surface area contributed by atoms with Gasteiger partial charge in [-0.05, 0) is 6.42 Å². The van der Waals surface area contributed by atoms with Crippen LogP contribution >= 0.6 is 0 Å². The molecule has 4 nitrogen and oxygen atoms in total. The Kier molecular flexibility index (Phi) is 27.3. The van der Waals surface area contributed by atoms with Crippen molar-refractivity contribution < 1.29 is 19.1 Å². The van der Waals surface area contributed by atoms with Crippen LogP contribution in [0, 0.1) is 0 Å². The molecule has 0 aromatic rings. The number of hydrogen-bond donors (Lipinski definition) is 0. The van der Waals surface area contributed by atoms with Gasteiger partial charge in [0, 0.05) is 6.42 Å². The Hall–Kier alpha value is -1.58. The molecule has 158 valence electrons. The van der Waals surface area contributed by atoms with E-state index in [0.29, 0.717) is 12.9 Å². The van der Waals surface area contributed by atoms with Gasteiger partial charge in [-0.1, -0.05) is 110 Å². The van der Waals surface area contributed by atoms with Crippen molar-refractivity contribution in [3.63, 3.8) is 0 Å². The highest BCUT2D eigenvalue weighted by atomic mass is 16.5. The molecule has 0 saturated heterocycles. The molecule has 0 atom stereocenters. The van der Waals surface area contributed by atoms with E-state index in [1.807, 2.05) is 0 Å². The first-order chi connectivity index (χ1) is 13.2. The zero-order valence-electron chi connectivity index (χ0n) is 17.6. The van der Waals surface area contributed by atoms with Crippen LogP contribution in [0.5, 0.6) is 0 Å². The van der Waals surface area contributed by atoms with Crippen molar-refractivity contribution in [1.29, 1.82) is 0 Å². The summed E-state index contributed by atoms with van der Waals surface area (Å²) in [7, 11) is 0. The summed E-state index contributed by atoms with van der Waals surface area (Å²) in [4.78, 5) is 20.2. The molecular formula is C23H42O4. The third-order valence-corrected chi connectivity index (χ3v) is 4.35. The van der Waals surface area contributed by atoms with Crippen LogP contribution in [-0.4, -0.2) is 12.4 Å². The SMILES string of the molecule is C=COC(=O)CCCCCCCCCCCCCCCCC.C=COC=O. The topological polar surface area (TPSA) is 52.6 Å². The molecule has 27 heavy (non-hydrogen) atoms. The molecule has 0 aliphatic rings. The summed E-state index contributed by atoms with van der Waals surface area (Å²) in [5, 5.41) is 0. The molecule has 0 aliphatic carbocycles. The molecule has 0 fully saturated rings. The lowest BCUT2D eigenvalue weighted by molar-refractivity contribution is -0.138. The van der Waals surface area contributed by atoms with Gasteiger partial charge in [0.1, 0.15) is 0 Å². The first-order valence-corrected chi connectivity index (χ1v) is 10.7. The number of carbonyl (C=O) groups excluding carboxylic acids is 2. The zero-order valence-corrected chi connectivity index (χ0v) is 17.6. The molecule has 0 heterocycles. The Balaban J connectivity index is 0. The number of ether oxygens (including phenoxy) is 2. The lowest BCUT2D eigenvalue weighted by Gasteiger charge is -2.03. The second-order valence-corrected chi connectivity index (χ2v) is 6.76. The van der Waals surface area contributed by atoms with Crippen molar-refractivity contribution in [1.82, 2.24) is 0 Å². The van der Waals surface area contributed by atoms with Crippen molar-refractivity contribution in [2.24, 2.45) is 0 Å². The molecule has 0 amide bonds.